The Hall–Kier alpha value is -12.1. The summed E-state index contributed by atoms with van der Waals surface area (Å²) in [7, 11) is 3.93. The molecule has 7 heterocycles. The van der Waals surface area contributed by atoms with Crippen LogP contribution in [-0.2, 0) is 23.7 Å². The molecule has 0 aliphatic carbocycles. The number of nitrogens with zero attached hydrogens (tertiary/aromatic N) is 11. The fourth-order valence-corrected chi connectivity index (χ4v) is 13.7. The van der Waals surface area contributed by atoms with Crippen LogP contribution in [0.3, 0.4) is 0 Å². The van der Waals surface area contributed by atoms with Crippen LogP contribution in [0.25, 0.3) is 66.8 Å². The molecule has 3 aliphatic heterocycles. The lowest BCUT2D eigenvalue weighted by atomic mass is 10.0. The molecule has 0 unspecified atom stereocenters. The molecule has 3 aliphatic rings. The van der Waals surface area contributed by atoms with Gasteiger partial charge in [-0.3, -0.25) is 9.13 Å². The van der Waals surface area contributed by atoms with Crippen LogP contribution in [0.4, 0.5) is 44.0 Å². The Kier molecular flexibility index (Phi) is 26.5. The zero-order valence-corrected chi connectivity index (χ0v) is 64.5. The van der Waals surface area contributed by atoms with Crippen LogP contribution in [0.5, 0.6) is 0 Å². The van der Waals surface area contributed by atoms with E-state index in [9.17, 15) is 24.6 Å². The van der Waals surface area contributed by atoms with Crippen molar-refractivity contribution in [3.8, 4) is 44.5 Å². The fraction of sp³-hybridized carbons (Fsp3) is 0.291. The number of nitrogens with two attached hydrogens (primary N) is 3. The molecular weight excluding hydrogens is 1430 g/mol. The maximum atomic E-state index is 12.5. The van der Waals surface area contributed by atoms with E-state index in [1.54, 1.807) is 10.9 Å². The molecule has 27 nitrogen and oxygen atoms in total. The largest absolute Gasteiger partial charge is 0.399 e. The number of likely N-dealkylation sites (N-methyl/N-ethyl adjacent to an activating group) is 2. The van der Waals surface area contributed by atoms with Crippen LogP contribution in [0, 0.1) is 27.7 Å². The minimum atomic E-state index is -1.16. The van der Waals surface area contributed by atoms with Crippen molar-refractivity contribution in [2.45, 2.75) is 109 Å². The van der Waals surface area contributed by atoms with Gasteiger partial charge >= 0.3 is 12.1 Å². The van der Waals surface area contributed by atoms with E-state index in [2.05, 4.69) is 168 Å². The third-order valence-electron chi connectivity index (χ3n) is 19.4. The SMILES string of the molecule is Cc1cccc(-c2ccc(N)cc2)c1.Cc1cccc(-c2ccc(N=C=O)cc2)c1.Cc1cccc(-c2ccc(NC(=O)NCCCN(C)C[C@H]3O[C@@H](n4cnc5c(N)ncnc54)[C@@H]4OC(C)(C)O[C@@H]43)cc2)c1.Cc1cccc(-c2ccc(NC(=O)NCCCN(C)C[C@H]3O[C@@H](n4cnc5c(N)ncnc54)[C@H](O)[C@@H]3O)cc2)c1. The van der Waals surface area contributed by atoms with Gasteiger partial charge in [-0.05, 0) is 175 Å². The summed E-state index contributed by atoms with van der Waals surface area (Å²) in [5, 5.41) is 32.8. The van der Waals surface area contributed by atoms with E-state index in [-0.39, 0.29) is 36.2 Å². The highest BCUT2D eigenvalue weighted by Crippen LogP contribution is 2.44. The lowest BCUT2D eigenvalue weighted by molar-refractivity contribution is -0.197. The number of nitrogen functional groups attached to an aromatic ring is 3. The van der Waals surface area contributed by atoms with E-state index in [4.69, 9.17) is 36.1 Å². The predicted molar refractivity (Wildman–Crippen MR) is 440 cm³/mol. The smallest absolute Gasteiger partial charge is 0.319 e. The summed E-state index contributed by atoms with van der Waals surface area (Å²) in [5.74, 6) is -0.195. The summed E-state index contributed by atoms with van der Waals surface area (Å²) < 4.78 is 28.4. The molecule has 4 aromatic heterocycles. The summed E-state index contributed by atoms with van der Waals surface area (Å²) >= 11 is 0. The number of benzene rings is 8. The highest BCUT2D eigenvalue weighted by Gasteiger charge is 2.56. The number of amides is 4. The summed E-state index contributed by atoms with van der Waals surface area (Å²) in [6, 6.07) is 63.9. The molecule has 113 heavy (non-hydrogen) atoms. The van der Waals surface area contributed by atoms with Crippen molar-refractivity contribution >= 4 is 74.9 Å². The molecule has 3 fully saturated rings. The van der Waals surface area contributed by atoms with Gasteiger partial charge in [0.05, 0.1) is 18.3 Å². The lowest BCUT2D eigenvalue weighted by Gasteiger charge is -2.27. The fourth-order valence-electron chi connectivity index (χ4n) is 13.7. The quantitative estimate of drug-likeness (QED) is 0.0140. The number of rotatable bonds is 21. The molecule has 0 saturated carbocycles. The Labute approximate surface area is 656 Å². The molecule has 0 spiro atoms. The summed E-state index contributed by atoms with van der Waals surface area (Å²) in [6.45, 7) is 15.5. The normalized spacial score (nSPS) is 18.5. The minimum absolute atomic E-state index is 0.228. The predicted octanol–water partition coefficient (Wildman–Crippen LogP) is 13.0. The first-order valence-electron chi connectivity index (χ1n) is 37.4. The second-order valence-corrected chi connectivity index (χ2v) is 28.8. The van der Waals surface area contributed by atoms with E-state index in [0.29, 0.717) is 78.7 Å². The van der Waals surface area contributed by atoms with Crippen molar-refractivity contribution in [2.75, 3.05) is 81.2 Å². The van der Waals surface area contributed by atoms with Gasteiger partial charge < -0.3 is 77.4 Å². The molecule has 4 amide bonds. The highest BCUT2D eigenvalue weighted by atomic mass is 16.8. The first kappa shape index (κ1) is 80.4. The molecular formula is C86H96N18O9. The number of aryl methyl sites for hydroxylation is 4. The Morgan fingerprint density at radius 2 is 0.885 bits per heavy atom. The summed E-state index contributed by atoms with van der Waals surface area (Å²) in [5.41, 5.74) is 36.5. The number of aliphatic hydroxyl groups excluding tert-OH is 2. The Morgan fingerprint density at radius 3 is 1.31 bits per heavy atom. The van der Waals surface area contributed by atoms with Gasteiger partial charge in [-0.25, -0.2) is 44.3 Å². The number of carbonyl (C=O) groups excluding carboxylic acids is 3. The Balaban J connectivity index is 0.000000154. The van der Waals surface area contributed by atoms with Crippen LogP contribution in [0.15, 0.2) is 224 Å². The maximum absolute atomic E-state index is 12.5. The number of imidazole rings is 2. The third kappa shape index (κ3) is 21.1. The molecule has 12 aromatic rings. The lowest BCUT2D eigenvalue weighted by Crippen LogP contribution is -2.39. The summed E-state index contributed by atoms with van der Waals surface area (Å²) in [4.78, 5) is 67.7. The molecule has 0 radical (unpaired) electrons. The maximum Gasteiger partial charge on any atom is 0.319 e. The number of urea groups is 2. The molecule has 3 saturated heterocycles. The van der Waals surface area contributed by atoms with Crippen molar-refractivity contribution in [2.24, 2.45) is 4.99 Å². The molecule has 27 heteroatoms. The van der Waals surface area contributed by atoms with E-state index >= 15 is 0 Å². The van der Waals surface area contributed by atoms with Gasteiger partial charge in [0, 0.05) is 43.2 Å². The summed E-state index contributed by atoms with van der Waals surface area (Å²) in [6.07, 6.45) is 3.80. The zero-order chi connectivity index (χ0) is 79.7. The van der Waals surface area contributed by atoms with Gasteiger partial charge in [0.15, 0.2) is 41.2 Å². The van der Waals surface area contributed by atoms with Crippen molar-refractivity contribution in [3.05, 3.63) is 242 Å². The van der Waals surface area contributed by atoms with Crippen LogP contribution >= 0.6 is 0 Å². The van der Waals surface area contributed by atoms with Gasteiger partial charge in [0.2, 0.25) is 6.08 Å². The van der Waals surface area contributed by atoms with Crippen LogP contribution in [0.2, 0.25) is 0 Å². The number of anilines is 5. The van der Waals surface area contributed by atoms with E-state index < -0.39 is 36.6 Å². The number of hydrogen-bond acceptors (Lipinski definition) is 21. The van der Waals surface area contributed by atoms with Crippen LogP contribution in [-0.4, -0.2) is 173 Å². The number of isocyanates is 1. The molecule has 584 valence electrons. The van der Waals surface area contributed by atoms with Gasteiger partial charge in [-0.1, -0.05) is 168 Å². The number of aliphatic hydroxyl groups is 2. The van der Waals surface area contributed by atoms with Crippen molar-refractivity contribution in [1.82, 2.24) is 59.5 Å². The van der Waals surface area contributed by atoms with Gasteiger partial charge in [0.25, 0.3) is 0 Å². The molecule has 12 N–H and O–H groups in total. The second-order valence-electron chi connectivity index (χ2n) is 28.8. The molecule has 8 aromatic carbocycles. The highest BCUT2D eigenvalue weighted by molar-refractivity contribution is 5.90. The number of aromatic nitrogens is 8. The average molecular weight is 1530 g/mol. The van der Waals surface area contributed by atoms with E-state index in [0.717, 1.165) is 52.2 Å². The topological polar surface area (TPSA) is 361 Å². The third-order valence-corrected chi connectivity index (χ3v) is 19.4. The second kappa shape index (κ2) is 37.3. The minimum Gasteiger partial charge on any atom is -0.399 e. The Morgan fingerprint density at radius 1 is 0.496 bits per heavy atom. The van der Waals surface area contributed by atoms with Gasteiger partial charge in [-0.2, -0.15) is 4.99 Å². The number of ether oxygens (including phenoxy) is 4. The molecule has 0 bridgehead atoms. The van der Waals surface area contributed by atoms with Crippen molar-refractivity contribution in [3.63, 3.8) is 0 Å². The van der Waals surface area contributed by atoms with Crippen molar-refractivity contribution < 1.29 is 43.5 Å². The zero-order valence-electron chi connectivity index (χ0n) is 64.5. The monoisotopic (exact) mass is 1520 g/mol. The average Bonchev–Trinajstić information content (AvgIpc) is 1.59. The number of hydrogen-bond donors (Lipinski definition) is 9. The number of carbonyl (C=O) groups is 2. The van der Waals surface area contributed by atoms with E-state index in [1.807, 2.05) is 153 Å². The number of fused-ring (bicyclic) bond motifs is 3. The van der Waals surface area contributed by atoms with E-state index in [1.165, 1.54) is 64.0 Å². The number of nitrogens with one attached hydrogen (secondary N) is 4. The van der Waals surface area contributed by atoms with Crippen molar-refractivity contribution in [1.29, 1.82) is 0 Å². The van der Waals surface area contributed by atoms with Crippen LogP contribution in [0.1, 0.15) is 61.4 Å². The van der Waals surface area contributed by atoms with Crippen LogP contribution < -0.4 is 38.5 Å². The first-order valence-corrected chi connectivity index (χ1v) is 37.4. The van der Waals surface area contributed by atoms with Gasteiger partial charge in [0.1, 0.15) is 60.3 Å². The van der Waals surface area contributed by atoms with Gasteiger partial charge in [-0.15, -0.1) is 0 Å². The Bertz CT molecular complexity index is 5230. The molecule has 15 rings (SSSR count). The standard InChI is InChI=1S/C31H38N8O4.C28H34N8O4.C14H11NO.C13H13N/c1-19-7-5-8-21(15-19)20-9-11-22(12-10-20)37-30(40)33-13-6-14-38(4)16-23-25-26(43-31(2,3)42-25)29(41-23)39-18-36-24-27(32)34-17-35-28(24)39;1-17-5-3-6-19(13-17)18-7-9-20(10-8-18)34-28(39)30-11-4-12-35(2)14-21-23(37)24(38)27(40-21)36-16-33-22-25(29)31-15-32-26(22)36;1-11-3-2-4-13(9-11)12-5-7-14(8-6-12)15-10-16;1-10-3-2-4-12(9-10)11-5-7-13(14)8-6-11/h5,7-12,15,17-18,23,25-26,29H,6,13-14,16H2,1-4H3,(H2,32,34,35)(H2,33,37,40);3,5-10,13,15-16,21,23-24,27,37-38H,4,11-12,14H2,1-2H3,(H2,29,31,32)(H2,30,34,39);2-9H,1H3;2-9H,14H2,1H3/t23-,25-,26-,29-;21-,23-,24-,27-;;/m11../s1. The molecule has 8 atom stereocenters. The number of aliphatic imine (C=N–C) groups is 1. The first-order chi connectivity index (χ1) is 54.5.